The van der Waals surface area contributed by atoms with E-state index < -0.39 is 20.6 Å². The first-order valence-electron chi connectivity index (χ1n) is 6.90. The molecule has 0 atom stereocenters. The lowest BCUT2D eigenvalue weighted by Crippen LogP contribution is -2.23. The molecule has 0 aliphatic heterocycles. The Morgan fingerprint density at radius 1 is 1.39 bits per heavy atom. The number of hydrogen-bond acceptors (Lipinski definition) is 6. The number of aromatic nitrogens is 2. The molecule has 5 N–H and O–H groups in total. The van der Waals surface area contributed by atoms with Gasteiger partial charge in [-0.2, -0.15) is 0 Å². The van der Waals surface area contributed by atoms with Crippen molar-refractivity contribution in [3.63, 3.8) is 0 Å². The van der Waals surface area contributed by atoms with Crippen LogP contribution in [0.4, 0.5) is 10.6 Å². The van der Waals surface area contributed by atoms with Crippen molar-refractivity contribution in [3.8, 4) is 0 Å². The van der Waals surface area contributed by atoms with E-state index in [0.717, 1.165) is 0 Å². The van der Waals surface area contributed by atoms with Gasteiger partial charge in [0.1, 0.15) is 10.6 Å². The maximum absolute atomic E-state index is 12.0. The second-order valence-corrected chi connectivity index (χ2v) is 7.81. The molecule has 1 aliphatic rings. The number of allylic oxidation sites excluding steroid dienone is 3. The molecular formula is C14H19N5O3S. The van der Waals surface area contributed by atoms with Crippen molar-refractivity contribution in [3.05, 3.63) is 35.9 Å². The van der Waals surface area contributed by atoms with Gasteiger partial charge in [-0.05, 0) is 31.4 Å². The number of nitrogens with two attached hydrogens (primary N) is 2. The quantitative estimate of drug-likeness (QED) is 0.675. The number of primary amides is 1. The van der Waals surface area contributed by atoms with Crippen LogP contribution in [0.25, 0.3) is 5.57 Å². The van der Waals surface area contributed by atoms with E-state index in [1.165, 1.54) is 18.5 Å². The van der Waals surface area contributed by atoms with Gasteiger partial charge in [0, 0.05) is 18.5 Å². The molecule has 2 amide bonds. The summed E-state index contributed by atoms with van der Waals surface area (Å²) in [7, 11) is -3.27. The number of urea groups is 1. The summed E-state index contributed by atoms with van der Waals surface area (Å²) in [5.41, 5.74) is 11.8. The van der Waals surface area contributed by atoms with E-state index in [2.05, 4.69) is 15.3 Å². The summed E-state index contributed by atoms with van der Waals surface area (Å²) < 4.78 is 23.1. The molecule has 23 heavy (non-hydrogen) atoms. The highest BCUT2D eigenvalue weighted by Crippen LogP contribution is 2.51. The van der Waals surface area contributed by atoms with Gasteiger partial charge in [-0.15, -0.1) is 0 Å². The summed E-state index contributed by atoms with van der Waals surface area (Å²) in [6.07, 6.45) is 6.88. The average Bonchev–Trinajstić information content (AvgIpc) is 3.23. The summed E-state index contributed by atoms with van der Waals surface area (Å²) in [5.74, 6) is 0.561. The Hall–Kier alpha value is -2.42. The lowest BCUT2D eigenvalue weighted by molar-refractivity contribution is 0.252. The van der Waals surface area contributed by atoms with Crippen molar-refractivity contribution >= 4 is 27.3 Å². The van der Waals surface area contributed by atoms with Crippen molar-refractivity contribution in [1.82, 2.24) is 15.3 Å². The van der Waals surface area contributed by atoms with Gasteiger partial charge in [-0.1, -0.05) is 6.08 Å². The van der Waals surface area contributed by atoms with Crippen molar-refractivity contribution < 1.29 is 13.2 Å². The number of anilines is 1. The van der Waals surface area contributed by atoms with Gasteiger partial charge in [0.2, 0.25) is 0 Å². The first-order valence-corrected chi connectivity index (χ1v) is 8.79. The molecule has 0 unspecified atom stereocenters. The molecule has 1 saturated carbocycles. The van der Waals surface area contributed by atoms with E-state index >= 15 is 0 Å². The summed E-state index contributed by atoms with van der Waals surface area (Å²) in [6.45, 7) is 1.76. The van der Waals surface area contributed by atoms with E-state index in [1.54, 1.807) is 19.1 Å². The van der Waals surface area contributed by atoms with E-state index in [0.29, 0.717) is 29.9 Å². The molecule has 0 aromatic carbocycles. The molecule has 0 bridgehead atoms. The van der Waals surface area contributed by atoms with Crippen molar-refractivity contribution in [1.29, 1.82) is 0 Å². The molecule has 0 spiro atoms. The van der Waals surface area contributed by atoms with E-state index in [-0.39, 0.29) is 5.82 Å². The Morgan fingerprint density at radius 2 is 2.04 bits per heavy atom. The average molecular weight is 337 g/mol. The van der Waals surface area contributed by atoms with Crippen LogP contribution in [0.1, 0.15) is 31.3 Å². The molecule has 8 nitrogen and oxygen atoms in total. The zero-order chi connectivity index (χ0) is 17.3. The third-order valence-corrected chi connectivity index (χ3v) is 5.68. The molecule has 0 saturated heterocycles. The third-order valence-electron chi connectivity index (χ3n) is 3.65. The largest absolute Gasteiger partial charge is 0.384 e. The zero-order valence-corrected chi connectivity index (χ0v) is 13.7. The number of nitrogens with one attached hydrogen (secondary N) is 1. The minimum Gasteiger partial charge on any atom is -0.384 e. The van der Waals surface area contributed by atoms with Crippen molar-refractivity contribution in [2.24, 2.45) is 5.73 Å². The molecule has 9 heteroatoms. The number of hydrogen-bond donors (Lipinski definition) is 3. The standard InChI is InChI=1S/C14H19N5O3S/c1-9(4-3-7-17-13(16)20)12-18-10(8-11(15)19-12)14(5-6-14)23(2,21)22/h3-4,7-8H,5-6H2,1-2H3,(H2,15,18,19)(H3,16,17,20)/b7-3+,9-4+. The number of nitrogen functional groups attached to an aromatic ring is 1. The van der Waals surface area contributed by atoms with Gasteiger partial charge < -0.3 is 16.8 Å². The number of nitrogens with zero attached hydrogens (tertiary/aromatic N) is 2. The van der Waals surface area contributed by atoms with Crippen molar-refractivity contribution in [2.45, 2.75) is 24.5 Å². The monoisotopic (exact) mass is 337 g/mol. The first kappa shape index (κ1) is 16.9. The van der Waals surface area contributed by atoms with Crippen LogP contribution in [0, 0.1) is 0 Å². The summed E-state index contributed by atoms with van der Waals surface area (Å²) in [5, 5.41) is 2.30. The number of amides is 2. The molecule has 2 rings (SSSR count). The topological polar surface area (TPSA) is 141 Å². The minimum atomic E-state index is -3.27. The van der Waals surface area contributed by atoms with Crippen LogP contribution in [-0.2, 0) is 14.6 Å². The highest BCUT2D eigenvalue weighted by atomic mass is 32.2. The smallest absolute Gasteiger partial charge is 0.316 e. The molecular weight excluding hydrogens is 318 g/mol. The predicted molar refractivity (Wildman–Crippen MR) is 87.7 cm³/mol. The fourth-order valence-corrected chi connectivity index (χ4v) is 3.53. The Kier molecular flexibility index (Phi) is 4.42. The lowest BCUT2D eigenvalue weighted by Gasteiger charge is -2.14. The van der Waals surface area contributed by atoms with Gasteiger partial charge >= 0.3 is 6.03 Å². The summed E-state index contributed by atoms with van der Waals surface area (Å²) in [4.78, 5) is 19.0. The maximum atomic E-state index is 12.0. The Morgan fingerprint density at radius 3 is 2.57 bits per heavy atom. The van der Waals surface area contributed by atoms with E-state index in [1.807, 2.05) is 0 Å². The fraction of sp³-hybridized carbons (Fsp3) is 0.357. The molecule has 0 radical (unpaired) electrons. The van der Waals surface area contributed by atoms with Crippen LogP contribution in [0.3, 0.4) is 0 Å². The highest BCUT2D eigenvalue weighted by molar-refractivity contribution is 7.91. The van der Waals surface area contributed by atoms with Gasteiger partial charge in [0.25, 0.3) is 0 Å². The Balaban J connectivity index is 2.33. The van der Waals surface area contributed by atoms with Crippen LogP contribution in [0.5, 0.6) is 0 Å². The minimum absolute atomic E-state index is 0.215. The highest BCUT2D eigenvalue weighted by Gasteiger charge is 2.55. The lowest BCUT2D eigenvalue weighted by atomic mass is 10.2. The van der Waals surface area contributed by atoms with E-state index in [9.17, 15) is 13.2 Å². The maximum Gasteiger partial charge on any atom is 0.316 e. The van der Waals surface area contributed by atoms with Crippen LogP contribution in [0.15, 0.2) is 24.4 Å². The van der Waals surface area contributed by atoms with Crippen LogP contribution in [0.2, 0.25) is 0 Å². The van der Waals surface area contributed by atoms with Crippen LogP contribution >= 0.6 is 0 Å². The van der Waals surface area contributed by atoms with Crippen LogP contribution < -0.4 is 16.8 Å². The summed E-state index contributed by atoms with van der Waals surface area (Å²) in [6, 6.07) is 0.841. The van der Waals surface area contributed by atoms with Gasteiger partial charge in [-0.25, -0.2) is 23.2 Å². The number of sulfone groups is 1. The second kappa shape index (κ2) is 5.99. The number of carbonyl (C=O) groups excluding carboxylic acids is 1. The SMILES string of the molecule is C/C(=C\C=C\NC(N)=O)c1nc(N)cc(C2(S(C)(=O)=O)CC2)n1. The Bertz CT molecular complexity index is 795. The first-order chi connectivity index (χ1) is 10.7. The zero-order valence-electron chi connectivity index (χ0n) is 12.9. The van der Waals surface area contributed by atoms with Crippen molar-refractivity contribution in [2.75, 3.05) is 12.0 Å². The van der Waals surface area contributed by atoms with Gasteiger partial charge in [0.15, 0.2) is 15.7 Å². The van der Waals surface area contributed by atoms with Gasteiger partial charge in [0.05, 0.1) is 5.69 Å². The second-order valence-electron chi connectivity index (χ2n) is 5.49. The molecule has 1 heterocycles. The van der Waals surface area contributed by atoms with E-state index in [4.69, 9.17) is 11.5 Å². The fourth-order valence-electron chi connectivity index (χ4n) is 2.20. The normalized spacial score (nSPS) is 17.2. The molecule has 124 valence electrons. The third kappa shape index (κ3) is 3.67. The molecule has 1 fully saturated rings. The van der Waals surface area contributed by atoms with Crippen LogP contribution in [-0.4, -0.2) is 30.7 Å². The van der Waals surface area contributed by atoms with Gasteiger partial charge in [-0.3, -0.25) is 0 Å². The number of rotatable bonds is 5. The Labute approximate surface area is 134 Å². The summed E-state index contributed by atoms with van der Waals surface area (Å²) >= 11 is 0. The molecule has 1 aromatic heterocycles. The molecule has 1 aromatic rings. The molecule has 1 aliphatic carbocycles. The predicted octanol–water partition coefficient (Wildman–Crippen LogP) is 0.678. The number of carbonyl (C=O) groups is 1.